The number of rotatable bonds is 9. The van der Waals surface area contributed by atoms with Crippen LogP contribution in [0.5, 0.6) is 0 Å². The quantitative estimate of drug-likeness (QED) is 0.340. The van der Waals surface area contributed by atoms with Gasteiger partial charge in [0.2, 0.25) is 0 Å². The number of nitrogens with zero attached hydrogens (tertiary/aromatic N) is 1. The maximum absolute atomic E-state index is 11.2. The first-order valence-electron chi connectivity index (χ1n) is 8.34. The van der Waals surface area contributed by atoms with Crippen LogP contribution in [-0.4, -0.2) is 29.5 Å². The summed E-state index contributed by atoms with van der Waals surface area (Å²) in [5, 5.41) is 13.4. The maximum atomic E-state index is 11.2. The van der Waals surface area contributed by atoms with Crippen LogP contribution in [0.15, 0.2) is 53.7 Å². The van der Waals surface area contributed by atoms with Crippen molar-refractivity contribution in [1.29, 1.82) is 0 Å². The number of aliphatic carboxylic acids is 1. The van der Waals surface area contributed by atoms with E-state index >= 15 is 0 Å². The van der Waals surface area contributed by atoms with Crippen molar-refractivity contribution in [2.24, 2.45) is 5.16 Å². The first-order valence-corrected chi connectivity index (χ1v) is 9.42. The SMILES string of the molecule is CCO[C@@H](Cc1cccc(/C(C)=N/OCc2ccc(I)cc2)c1)C(=O)O. The molecule has 2 aromatic carbocycles. The molecule has 0 aliphatic carbocycles. The number of oxime groups is 1. The number of benzene rings is 2. The molecule has 0 aliphatic rings. The van der Waals surface area contributed by atoms with Gasteiger partial charge in [0.05, 0.1) is 5.71 Å². The van der Waals surface area contributed by atoms with Crippen molar-refractivity contribution in [1.82, 2.24) is 0 Å². The molecule has 1 atom stereocenters. The van der Waals surface area contributed by atoms with Crippen molar-refractivity contribution in [3.8, 4) is 0 Å². The number of carboxylic acids is 1. The highest BCUT2D eigenvalue weighted by molar-refractivity contribution is 14.1. The first-order chi connectivity index (χ1) is 12.5. The van der Waals surface area contributed by atoms with E-state index in [-0.39, 0.29) is 0 Å². The largest absolute Gasteiger partial charge is 0.479 e. The van der Waals surface area contributed by atoms with Gasteiger partial charge < -0.3 is 14.7 Å². The Morgan fingerprint density at radius 1 is 1.19 bits per heavy atom. The van der Waals surface area contributed by atoms with E-state index < -0.39 is 12.1 Å². The topological polar surface area (TPSA) is 68.1 Å². The second-order valence-corrected chi connectivity index (χ2v) is 7.01. The number of ether oxygens (including phenoxy) is 1. The van der Waals surface area contributed by atoms with E-state index in [0.717, 1.165) is 22.4 Å². The molecule has 0 unspecified atom stereocenters. The molecular formula is C20H22INO4. The standard InChI is InChI=1S/C20H22INO4/c1-3-25-19(20(23)24)12-16-5-4-6-17(11-16)14(2)22-26-13-15-7-9-18(21)10-8-15/h4-11,19H,3,12-13H2,1-2H3,(H,23,24)/b22-14+/t19-/m0/s1. The molecule has 0 radical (unpaired) electrons. The van der Waals surface area contributed by atoms with E-state index in [2.05, 4.69) is 27.7 Å². The second kappa shape index (κ2) is 10.3. The van der Waals surface area contributed by atoms with Crippen molar-refractivity contribution in [2.75, 3.05) is 6.61 Å². The summed E-state index contributed by atoms with van der Waals surface area (Å²) in [6.45, 7) is 4.42. The molecule has 0 amide bonds. The summed E-state index contributed by atoms with van der Waals surface area (Å²) in [5.74, 6) is -0.955. The molecule has 0 aliphatic heterocycles. The fraction of sp³-hybridized carbons (Fsp3) is 0.300. The fourth-order valence-electron chi connectivity index (χ4n) is 2.39. The zero-order valence-electron chi connectivity index (χ0n) is 14.8. The van der Waals surface area contributed by atoms with Gasteiger partial charge in [-0.25, -0.2) is 4.79 Å². The molecule has 0 saturated heterocycles. The van der Waals surface area contributed by atoms with Gasteiger partial charge in [0.1, 0.15) is 6.61 Å². The average molecular weight is 467 g/mol. The Morgan fingerprint density at radius 3 is 2.58 bits per heavy atom. The number of hydrogen-bond donors (Lipinski definition) is 1. The smallest absolute Gasteiger partial charge is 0.333 e. The molecule has 26 heavy (non-hydrogen) atoms. The molecule has 0 spiro atoms. The van der Waals surface area contributed by atoms with Crippen LogP contribution in [0.4, 0.5) is 0 Å². The normalized spacial score (nSPS) is 12.7. The highest BCUT2D eigenvalue weighted by Gasteiger charge is 2.18. The van der Waals surface area contributed by atoms with E-state index in [4.69, 9.17) is 9.57 Å². The van der Waals surface area contributed by atoms with E-state index in [1.54, 1.807) is 6.92 Å². The van der Waals surface area contributed by atoms with E-state index in [1.807, 2.05) is 55.5 Å². The highest BCUT2D eigenvalue weighted by Crippen LogP contribution is 2.12. The molecule has 0 fully saturated rings. The van der Waals surface area contributed by atoms with E-state index in [0.29, 0.717) is 19.6 Å². The van der Waals surface area contributed by atoms with Crippen LogP contribution in [0, 0.1) is 3.57 Å². The van der Waals surface area contributed by atoms with Crippen molar-refractivity contribution in [3.63, 3.8) is 0 Å². The highest BCUT2D eigenvalue weighted by atomic mass is 127. The number of hydrogen-bond acceptors (Lipinski definition) is 4. The van der Waals surface area contributed by atoms with Crippen LogP contribution in [0.25, 0.3) is 0 Å². The van der Waals surface area contributed by atoms with Gasteiger partial charge in [-0.15, -0.1) is 0 Å². The van der Waals surface area contributed by atoms with Crippen molar-refractivity contribution in [2.45, 2.75) is 33.0 Å². The van der Waals surface area contributed by atoms with Gasteiger partial charge in [0.25, 0.3) is 0 Å². The van der Waals surface area contributed by atoms with Gasteiger partial charge in [0, 0.05) is 16.6 Å². The predicted molar refractivity (Wildman–Crippen MR) is 109 cm³/mol. The summed E-state index contributed by atoms with van der Waals surface area (Å²) in [7, 11) is 0. The third-order valence-electron chi connectivity index (χ3n) is 3.76. The summed E-state index contributed by atoms with van der Waals surface area (Å²) in [4.78, 5) is 16.7. The maximum Gasteiger partial charge on any atom is 0.333 e. The third kappa shape index (κ3) is 6.42. The van der Waals surface area contributed by atoms with Gasteiger partial charge >= 0.3 is 5.97 Å². The monoisotopic (exact) mass is 467 g/mol. The summed E-state index contributed by atoms with van der Waals surface area (Å²) in [5.41, 5.74) is 3.57. The Morgan fingerprint density at radius 2 is 1.92 bits per heavy atom. The Balaban J connectivity index is 2.00. The molecule has 0 bridgehead atoms. The second-order valence-electron chi connectivity index (χ2n) is 5.76. The lowest BCUT2D eigenvalue weighted by molar-refractivity contribution is -0.149. The Labute approximate surface area is 167 Å². The summed E-state index contributed by atoms with van der Waals surface area (Å²) in [6.07, 6.45) is -0.530. The van der Waals surface area contributed by atoms with Crippen molar-refractivity contribution < 1.29 is 19.5 Å². The summed E-state index contributed by atoms with van der Waals surface area (Å²) >= 11 is 2.26. The van der Waals surface area contributed by atoms with Crippen molar-refractivity contribution >= 4 is 34.3 Å². The molecule has 5 nitrogen and oxygen atoms in total. The summed E-state index contributed by atoms with van der Waals surface area (Å²) < 4.78 is 6.45. The Bertz CT molecular complexity index is 759. The van der Waals surface area contributed by atoms with Gasteiger partial charge in [-0.2, -0.15) is 0 Å². The molecule has 2 rings (SSSR count). The van der Waals surface area contributed by atoms with E-state index in [9.17, 15) is 9.90 Å². The van der Waals surface area contributed by atoms with Crippen LogP contribution in [0.3, 0.4) is 0 Å². The molecule has 138 valence electrons. The van der Waals surface area contributed by atoms with Crippen LogP contribution >= 0.6 is 22.6 Å². The minimum atomic E-state index is -0.955. The predicted octanol–water partition coefficient (Wildman–Crippen LogP) is 4.26. The van der Waals surface area contributed by atoms with Gasteiger partial charge in [-0.1, -0.05) is 35.5 Å². The van der Waals surface area contributed by atoms with Crippen LogP contribution in [-0.2, 0) is 27.4 Å². The number of carboxylic acid groups (broad SMARTS) is 1. The van der Waals surface area contributed by atoms with E-state index in [1.165, 1.54) is 3.57 Å². The summed E-state index contributed by atoms with van der Waals surface area (Å²) in [6, 6.07) is 15.7. The van der Waals surface area contributed by atoms with Gasteiger partial charge in [0.15, 0.2) is 6.10 Å². The van der Waals surface area contributed by atoms with Gasteiger partial charge in [-0.05, 0) is 71.3 Å². The number of carbonyl (C=O) groups is 1. The lowest BCUT2D eigenvalue weighted by Crippen LogP contribution is -2.26. The minimum absolute atomic E-state index is 0.313. The zero-order chi connectivity index (χ0) is 18.9. The Hall–Kier alpha value is -1.93. The molecule has 0 aromatic heterocycles. The van der Waals surface area contributed by atoms with Crippen molar-refractivity contribution in [3.05, 3.63) is 68.8 Å². The zero-order valence-corrected chi connectivity index (χ0v) is 17.0. The van der Waals surface area contributed by atoms with Crippen LogP contribution < -0.4 is 0 Å². The molecule has 6 heteroatoms. The lowest BCUT2D eigenvalue weighted by atomic mass is 10.0. The molecule has 1 N–H and O–H groups in total. The Kier molecular flexibility index (Phi) is 8.06. The molecule has 2 aromatic rings. The molecular weight excluding hydrogens is 445 g/mol. The molecule has 0 heterocycles. The molecule has 0 saturated carbocycles. The lowest BCUT2D eigenvalue weighted by Gasteiger charge is -2.13. The van der Waals surface area contributed by atoms with Gasteiger partial charge in [-0.3, -0.25) is 0 Å². The third-order valence-corrected chi connectivity index (χ3v) is 4.47. The minimum Gasteiger partial charge on any atom is -0.479 e. The average Bonchev–Trinajstić information content (AvgIpc) is 2.63. The fourth-order valence-corrected chi connectivity index (χ4v) is 2.75. The first kappa shape index (κ1) is 20.4. The van der Waals surface area contributed by atoms with Crippen LogP contribution in [0.2, 0.25) is 0 Å². The number of halogens is 1. The van der Waals surface area contributed by atoms with Crippen LogP contribution in [0.1, 0.15) is 30.5 Å².